The molecule has 1 unspecified atom stereocenters. The average molecular weight is 613 g/mol. The van der Waals surface area contributed by atoms with E-state index in [0.29, 0.717) is 25.0 Å². The smallest absolute Gasteiger partial charge is 0.262 e. The highest BCUT2D eigenvalue weighted by molar-refractivity contribution is 9.10. The van der Waals surface area contributed by atoms with Crippen LogP contribution in [0.15, 0.2) is 70.3 Å². The number of carbonyl (C=O) groups is 2. The van der Waals surface area contributed by atoms with Gasteiger partial charge in [0.2, 0.25) is 0 Å². The SMILES string of the molecule is Cc1cc2c(cc1C)NC1(C(=O)N(Cc3ccc(C(C)(C)C)cc3)c3c(Br)cccc31)C1=C(CC(C)(C)CC1=O)N2. The van der Waals surface area contributed by atoms with Crippen molar-refractivity contribution in [2.24, 2.45) is 5.41 Å². The number of carbonyl (C=O) groups excluding carboxylic acids is 2. The van der Waals surface area contributed by atoms with E-state index >= 15 is 4.79 Å². The molecule has 6 heteroatoms. The topological polar surface area (TPSA) is 61.4 Å². The van der Waals surface area contributed by atoms with Crippen molar-refractivity contribution in [2.45, 2.75) is 78.8 Å². The minimum Gasteiger partial charge on any atom is -0.362 e. The first kappa shape index (κ1) is 27.8. The fraction of sp³-hybridized carbons (Fsp3) is 0.371. The second-order valence-corrected chi connectivity index (χ2v) is 14.6. The monoisotopic (exact) mass is 611 g/mol. The van der Waals surface area contributed by atoms with Gasteiger partial charge in [0, 0.05) is 22.2 Å². The molecule has 2 N–H and O–H groups in total. The number of amides is 1. The Balaban J connectivity index is 1.57. The van der Waals surface area contributed by atoms with E-state index in [1.54, 1.807) is 0 Å². The van der Waals surface area contributed by atoms with Crippen LogP contribution in [0.4, 0.5) is 17.1 Å². The van der Waals surface area contributed by atoms with Gasteiger partial charge in [-0.2, -0.15) is 0 Å². The zero-order chi connectivity index (χ0) is 29.5. The quantitative estimate of drug-likeness (QED) is 0.306. The molecule has 0 saturated heterocycles. The Morgan fingerprint density at radius 2 is 1.59 bits per heavy atom. The number of rotatable bonds is 2. The molecule has 1 spiro atoms. The first-order valence-corrected chi connectivity index (χ1v) is 15.1. The Hall–Kier alpha value is -3.38. The summed E-state index contributed by atoms with van der Waals surface area (Å²) in [6.07, 6.45) is 1.06. The van der Waals surface area contributed by atoms with Gasteiger partial charge in [0.1, 0.15) is 0 Å². The molecule has 0 bridgehead atoms. The molecule has 0 fully saturated rings. The normalized spacial score (nSPS) is 21.2. The van der Waals surface area contributed by atoms with Gasteiger partial charge in [0.25, 0.3) is 5.91 Å². The lowest BCUT2D eigenvalue weighted by Crippen LogP contribution is -2.50. The van der Waals surface area contributed by atoms with Crippen molar-refractivity contribution in [1.29, 1.82) is 0 Å². The number of anilines is 3. The van der Waals surface area contributed by atoms with Gasteiger partial charge in [0.05, 0.1) is 29.2 Å². The van der Waals surface area contributed by atoms with E-state index in [2.05, 4.69) is 111 Å². The van der Waals surface area contributed by atoms with Crippen LogP contribution < -0.4 is 15.5 Å². The number of allylic oxidation sites excluding steroid dienone is 1. The Morgan fingerprint density at radius 1 is 0.927 bits per heavy atom. The summed E-state index contributed by atoms with van der Waals surface area (Å²) in [5.74, 6) is -0.124. The molecule has 3 aromatic carbocycles. The van der Waals surface area contributed by atoms with E-state index in [0.717, 1.165) is 49.5 Å². The number of halogens is 1. The molecule has 2 heterocycles. The minimum atomic E-state index is -1.34. The maximum atomic E-state index is 15.0. The first-order valence-electron chi connectivity index (χ1n) is 14.3. The molecule has 0 saturated carbocycles. The van der Waals surface area contributed by atoms with E-state index in [9.17, 15) is 4.79 Å². The third-order valence-corrected chi connectivity index (χ3v) is 9.52. The van der Waals surface area contributed by atoms with Crippen molar-refractivity contribution in [2.75, 3.05) is 15.5 Å². The van der Waals surface area contributed by atoms with Gasteiger partial charge in [-0.15, -0.1) is 0 Å². The van der Waals surface area contributed by atoms with Crippen molar-refractivity contribution in [3.05, 3.63) is 98.2 Å². The molecule has 2 aliphatic heterocycles. The minimum absolute atomic E-state index is 0.00755. The summed E-state index contributed by atoms with van der Waals surface area (Å²) >= 11 is 3.77. The summed E-state index contributed by atoms with van der Waals surface area (Å²) in [4.78, 5) is 31.0. The summed E-state index contributed by atoms with van der Waals surface area (Å²) in [6.45, 7) is 15.4. The number of fused-ring (bicyclic) bond motifs is 4. The lowest BCUT2D eigenvalue weighted by molar-refractivity contribution is -0.125. The molecule has 41 heavy (non-hydrogen) atoms. The van der Waals surface area contributed by atoms with Crippen molar-refractivity contribution in [3.8, 4) is 0 Å². The number of nitrogens with zero attached hydrogens (tertiary/aromatic N) is 1. The number of hydrogen-bond donors (Lipinski definition) is 2. The van der Waals surface area contributed by atoms with Crippen LogP contribution in [0.3, 0.4) is 0 Å². The molecular formula is C35H38BrN3O2. The standard InChI is InChI=1S/C35H38BrN3O2/c1-20-15-26-27(16-21(20)2)38-35(30-28(37-26)17-34(6,7)18-29(30)40)24-9-8-10-25(36)31(24)39(32(35)41)19-22-11-13-23(14-12-22)33(3,4)5/h8-16,37-38H,17-19H2,1-7H3. The maximum absolute atomic E-state index is 15.0. The van der Waals surface area contributed by atoms with Crippen molar-refractivity contribution in [3.63, 3.8) is 0 Å². The van der Waals surface area contributed by atoms with E-state index in [1.807, 2.05) is 23.1 Å². The van der Waals surface area contributed by atoms with E-state index in [-0.39, 0.29) is 22.5 Å². The largest absolute Gasteiger partial charge is 0.362 e. The van der Waals surface area contributed by atoms with Crippen molar-refractivity contribution in [1.82, 2.24) is 0 Å². The molecule has 1 amide bonds. The summed E-state index contributed by atoms with van der Waals surface area (Å²) in [7, 11) is 0. The molecular weight excluding hydrogens is 574 g/mol. The van der Waals surface area contributed by atoms with Crippen molar-refractivity contribution >= 4 is 44.7 Å². The van der Waals surface area contributed by atoms with E-state index in [4.69, 9.17) is 0 Å². The number of ketones is 1. The molecule has 212 valence electrons. The van der Waals surface area contributed by atoms with Gasteiger partial charge in [-0.05, 0) is 87.5 Å². The summed E-state index contributed by atoms with van der Waals surface area (Å²) in [5.41, 5.74) is 7.73. The number of para-hydroxylation sites is 1. The molecule has 0 aromatic heterocycles. The summed E-state index contributed by atoms with van der Waals surface area (Å²) < 4.78 is 0.830. The van der Waals surface area contributed by atoms with Crippen LogP contribution in [0.2, 0.25) is 0 Å². The third-order valence-electron chi connectivity index (χ3n) is 8.88. The van der Waals surface area contributed by atoms with E-state index in [1.165, 1.54) is 5.56 Å². The predicted octanol–water partition coefficient (Wildman–Crippen LogP) is 8.29. The Labute approximate surface area is 251 Å². The second-order valence-electron chi connectivity index (χ2n) is 13.8. The zero-order valence-corrected chi connectivity index (χ0v) is 26.5. The lowest BCUT2D eigenvalue weighted by atomic mass is 9.69. The van der Waals surface area contributed by atoms with Crippen LogP contribution >= 0.6 is 15.9 Å². The first-order chi connectivity index (χ1) is 19.2. The van der Waals surface area contributed by atoms with Crippen LogP contribution in [0.25, 0.3) is 0 Å². The number of nitrogens with one attached hydrogen (secondary N) is 2. The molecule has 5 nitrogen and oxygen atoms in total. The predicted molar refractivity (Wildman–Crippen MR) is 170 cm³/mol. The highest BCUT2D eigenvalue weighted by atomic mass is 79.9. The van der Waals surface area contributed by atoms with Gasteiger partial charge in [-0.25, -0.2) is 0 Å². The summed E-state index contributed by atoms with van der Waals surface area (Å²) in [6, 6.07) is 18.6. The zero-order valence-electron chi connectivity index (χ0n) is 25.0. The number of hydrogen-bond acceptors (Lipinski definition) is 4. The van der Waals surface area contributed by atoms with Gasteiger partial charge in [-0.1, -0.05) is 71.0 Å². The molecule has 0 radical (unpaired) electrons. The highest BCUT2D eigenvalue weighted by Gasteiger charge is 2.59. The Bertz CT molecular complexity index is 1650. The fourth-order valence-corrected chi connectivity index (χ4v) is 7.21. The van der Waals surface area contributed by atoms with Crippen LogP contribution in [-0.4, -0.2) is 11.7 Å². The van der Waals surface area contributed by atoms with Crippen LogP contribution in [-0.2, 0) is 27.1 Å². The number of Topliss-reactive ketones (excluding diaryl/α,β-unsaturated/α-hetero) is 1. The van der Waals surface area contributed by atoms with Crippen LogP contribution in [0, 0.1) is 19.3 Å². The van der Waals surface area contributed by atoms with Crippen LogP contribution in [0.1, 0.15) is 75.3 Å². The Kier molecular flexibility index (Phi) is 6.31. The van der Waals surface area contributed by atoms with Gasteiger partial charge in [-0.3, -0.25) is 9.59 Å². The fourth-order valence-electron chi connectivity index (χ4n) is 6.63. The van der Waals surface area contributed by atoms with Crippen LogP contribution in [0.5, 0.6) is 0 Å². The van der Waals surface area contributed by atoms with Gasteiger partial charge < -0.3 is 15.5 Å². The Morgan fingerprint density at radius 3 is 2.24 bits per heavy atom. The molecule has 3 aromatic rings. The molecule has 1 atom stereocenters. The lowest BCUT2D eigenvalue weighted by Gasteiger charge is -2.38. The number of benzene rings is 3. The summed E-state index contributed by atoms with van der Waals surface area (Å²) in [5, 5.41) is 7.32. The highest BCUT2D eigenvalue weighted by Crippen LogP contribution is 2.55. The van der Waals surface area contributed by atoms with Gasteiger partial charge >= 0.3 is 0 Å². The third kappa shape index (κ3) is 4.42. The second kappa shape index (κ2) is 9.32. The molecule has 3 aliphatic rings. The maximum Gasteiger partial charge on any atom is 0.262 e. The average Bonchev–Trinajstić information content (AvgIpc) is 3.00. The van der Waals surface area contributed by atoms with E-state index < -0.39 is 5.54 Å². The van der Waals surface area contributed by atoms with Gasteiger partial charge in [0.15, 0.2) is 11.3 Å². The number of aryl methyl sites for hydroxylation is 2. The molecule has 1 aliphatic carbocycles. The van der Waals surface area contributed by atoms with Crippen molar-refractivity contribution < 1.29 is 9.59 Å². The molecule has 6 rings (SSSR count).